The van der Waals surface area contributed by atoms with Crippen molar-refractivity contribution in [2.24, 2.45) is 0 Å². The Balaban J connectivity index is 1.50. The van der Waals surface area contributed by atoms with Crippen LogP contribution < -0.4 is 4.74 Å². The van der Waals surface area contributed by atoms with E-state index in [9.17, 15) is 20.4 Å². The second kappa shape index (κ2) is 8.95. The molecule has 0 spiro atoms. The zero-order chi connectivity index (χ0) is 21.1. The summed E-state index contributed by atoms with van der Waals surface area (Å²) in [4.78, 5) is 0. The summed E-state index contributed by atoms with van der Waals surface area (Å²) < 4.78 is 13.1. The molecule has 1 fully saturated rings. The molecular formula is C22H24N2O6. The van der Waals surface area contributed by atoms with E-state index in [2.05, 4.69) is 5.10 Å². The van der Waals surface area contributed by atoms with Crippen molar-refractivity contribution in [1.82, 2.24) is 9.78 Å². The molecule has 1 saturated heterocycles. The fourth-order valence-electron chi connectivity index (χ4n) is 3.46. The fourth-order valence-corrected chi connectivity index (χ4v) is 3.46. The van der Waals surface area contributed by atoms with Crippen molar-refractivity contribution < 1.29 is 29.9 Å². The molecule has 1 aromatic heterocycles. The van der Waals surface area contributed by atoms with Gasteiger partial charge in [-0.15, -0.1) is 0 Å². The van der Waals surface area contributed by atoms with Crippen LogP contribution in [0, 0.1) is 0 Å². The van der Waals surface area contributed by atoms with Crippen LogP contribution in [0.15, 0.2) is 67.0 Å². The van der Waals surface area contributed by atoms with Gasteiger partial charge in [-0.05, 0) is 35.4 Å². The molecule has 30 heavy (non-hydrogen) atoms. The van der Waals surface area contributed by atoms with Crippen LogP contribution in [-0.2, 0) is 11.2 Å². The highest BCUT2D eigenvalue weighted by Gasteiger charge is 2.44. The molecule has 2 heterocycles. The van der Waals surface area contributed by atoms with Gasteiger partial charge >= 0.3 is 0 Å². The number of aliphatic hydroxyl groups excluding tert-OH is 4. The average Bonchev–Trinajstić information content (AvgIpc) is 3.31. The van der Waals surface area contributed by atoms with Crippen molar-refractivity contribution in [2.75, 3.05) is 6.61 Å². The molecule has 158 valence electrons. The number of rotatable bonds is 6. The van der Waals surface area contributed by atoms with Crippen molar-refractivity contribution in [3.05, 3.63) is 78.1 Å². The highest BCUT2D eigenvalue weighted by atomic mass is 16.7. The van der Waals surface area contributed by atoms with Crippen molar-refractivity contribution in [1.29, 1.82) is 0 Å². The summed E-state index contributed by atoms with van der Waals surface area (Å²) in [7, 11) is 0. The van der Waals surface area contributed by atoms with Crippen molar-refractivity contribution in [3.8, 4) is 11.4 Å². The van der Waals surface area contributed by atoms with E-state index in [0.29, 0.717) is 12.2 Å². The van der Waals surface area contributed by atoms with Crippen LogP contribution in [0.25, 0.3) is 5.69 Å². The summed E-state index contributed by atoms with van der Waals surface area (Å²) in [6.45, 7) is -0.505. The van der Waals surface area contributed by atoms with Gasteiger partial charge in [-0.3, -0.25) is 0 Å². The highest BCUT2D eigenvalue weighted by Crippen LogP contribution is 2.28. The van der Waals surface area contributed by atoms with Crippen LogP contribution in [0.4, 0.5) is 0 Å². The highest BCUT2D eigenvalue weighted by molar-refractivity contribution is 5.40. The second-order valence-electron chi connectivity index (χ2n) is 7.22. The maximum Gasteiger partial charge on any atom is 0.229 e. The standard InChI is InChI=1S/C22H24N2O6/c25-13-18-19(26)20(27)21(28)22(30-18)29-17-5-2-1-4-15(17)12-14-6-8-16(9-7-14)24-11-3-10-23-24/h1-11,18-22,25-28H,12-13H2/t18-,19-,20+,21-,22-/m1/s1. The van der Waals surface area contributed by atoms with E-state index < -0.39 is 37.3 Å². The second-order valence-corrected chi connectivity index (χ2v) is 7.22. The van der Waals surface area contributed by atoms with Crippen molar-refractivity contribution in [3.63, 3.8) is 0 Å². The summed E-state index contributed by atoms with van der Waals surface area (Å²) in [5.74, 6) is 0.484. The van der Waals surface area contributed by atoms with Crippen LogP contribution in [0.5, 0.6) is 5.75 Å². The lowest BCUT2D eigenvalue weighted by atomic mass is 9.99. The molecule has 0 unspecified atom stereocenters. The van der Waals surface area contributed by atoms with E-state index in [0.717, 1.165) is 16.8 Å². The van der Waals surface area contributed by atoms with Gasteiger partial charge in [0.2, 0.25) is 6.29 Å². The molecule has 5 atom stereocenters. The van der Waals surface area contributed by atoms with Gasteiger partial charge in [-0.2, -0.15) is 5.10 Å². The minimum atomic E-state index is -1.48. The van der Waals surface area contributed by atoms with Crippen molar-refractivity contribution >= 4 is 0 Å². The third kappa shape index (κ3) is 4.23. The van der Waals surface area contributed by atoms with Crippen LogP contribution >= 0.6 is 0 Å². The molecule has 8 nitrogen and oxygen atoms in total. The Hall–Kier alpha value is -2.75. The summed E-state index contributed by atoms with van der Waals surface area (Å²) >= 11 is 0. The lowest BCUT2D eigenvalue weighted by Crippen LogP contribution is -2.60. The molecule has 1 aliphatic rings. The summed E-state index contributed by atoms with van der Waals surface area (Å²) in [6, 6.07) is 17.1. The summed E-state index contributed by atoms with van der Waals surface area (Å²) in [6.07, 6.45) is -2.42. The molecule has 3 aromatic rings. The predicted molar refractivity (Wildman–Crippen MR) is 107 cm³/mol. The van der Waals surface area contributed by atoms with Crippen LogP contribution in [0.2, 0.25) is 0 Å². The zero-order valence-corrected chi connectivity index (χ0v) is 16.2. The fraction of sp³-hybridized carbons (Fsp3) is 0.318. The van der Waals surface area contributed by atoms with Crippen LogP contribution in [-0.4, -0.2) is 67.5 Å². The van der Waals surface area contributed by atoms with E-state index in [4.69, 9.17) is 9.47 Å². The quantitative estimate of drug-likeness (QED) is 0.469. The molecule has 0 bridgehead atoms. The maximum absolute atomic E-state index is 10.2. The van der Waals surface area contributed by atoms with Crippen LogP contribution in [0.3, 0.4) is 0 Å². The Bertz CT molecular complexity index is 945. The zero-order valence-electron chi connectivity index (χ0n) is 16.2. The lowest BCUT2D eigenvalue weighted by Gasteiger charge is -2.39. The Morgan fingerprint density at radius 2 is 1.70 bits per heavy atom. The molecule has 0 amide bonds. The molecule has 2 aromatic carbocycles. The predicted octanol–water partition coefficient (Wildman–Crippen LogP) is 0.642. The minimum Gasteiger partial charge on any atom is -0.462 e. The Morgan fingerprint density at radius 3 is 2.40 bits per heavy atom. The van der Waals surface area contributed by atoms with Crippen LogP contribution in [0.1, 0.15) is 11.1 Å². The molecule has 0 aliphatic carbocycles. The molecule has 4 N–H and O–H groups in total. The van der Waals surface area contributed by atoms with E-state index in [1.54, 1.807) is 23.0 Å². The topological polar surface area (TPSA) is 117 Å². The molecular weight excluding hydrogens is 388 g/mol. The molecule has 4 rings (SSSR count). The third-order valence-electron chi connectivity index (χ3n) is 5.16. The van der Waals surface area contributed by atoms with Gasteiger partial charge in [0.05, 0.1) is 12.3 Å². The summed E-state index contributed by atoms with van der Waals surface area (Å²) in [5, 5.41) is 43.7. The first-order valence-corrected chi connectivity index (χ1v) is 9.71. The Labute approximate surface area is 173 Å². The SMILES string of the molecule is OC[C@H]1O[C@@H](Oc2ccccc2Cc2ccc(-n3cccn3)cc2)[C@H](O)[C@@H](O)[C@@H]1O. The average molecular weight is 412 g/mol. The monoisotopic (exact) mass is 412 g/mol. The van der Waals surface area contributed by atoms with E-state index in [-0.39, 0.29) is 0 Å². The van der Waals surface area contributed by atoms with Gasteiger partial charge in [-0.25, -0.2) is 4.68 Å². The van der Waals surface area contributed by atoms with Gasteiger partial charge in [0.1, 0.15) is 30.2 Å². The van der Waals surface area contributed by atoms with E-state index in [1.165, 1.54) is 0 Å². The smallest absolute Gasteiger partial charge is 0.229 e. The van der Waals surface area contributed by atoms with Gasteiger partial charge in [-0.1, -0.05) is 30.3 Å². The number of aliphatic hydroxyl groups is 4. The number of nitrogens with zero attached hydrogens (tertiary/aromatic N) is 2. The minimum absolute atomic E-state index is 0.484. The molecule has 0 radical (unpaired) electrons. The number of hydrogen-bond acceptors (Lipinski definition) is 7. The number of benzene rings is 2. The molecule has 1 aliphatic heterocycles. The number of para-hydroxylation sites is 1. The summed E-state index contributed by atoms with van der Waals surface area (Å²) in [5.41, 5.74) is 2.87. The number of hydrogen-bond donors (Lipinski definition) is 4. The molecule has 0 saturated carbocycles. The largest absolute Gasteiger partial charge is 0.462 e. The Kier molecular flexibility index (Phi) is 6.12. The number of ether oxygens (including phenoxy) is 2. The number of aromatic nitrogens is 2. The third-order valence-corrected chi connectivity index (χ3v) is 5.16. The normalized spacial score (nSPS) is 26.5. The first kappa shape index (κ1) is 20.5. The van der Waals surface area contributed by atoms with E-state index in [1.807, 2.05) is 48.7 Å². The van der Waals surface area contributed by atoms with Crippen molar-refractivity contribution in [2.45, 2.75) is 37.1 Å². The first-order valence-electron chi connectivity index (χ1n) is 9.71. The van der Waals surface area contributed by atoms with Gasteiger partial charge in [0.15, 0.2) is 0 Å². The van der Waals surface area contributed by atoms with Gasteiger partial charge in [0, 0.05) is 18.8 Å². The lowest BCUT2D eigenvalue weighted by molar-refractivity contribution is -0.277. The van der Waals surface area contributed by atoms with Gasteiger partial charge < -0.3 is 29.9 Å². The Morgan fingerprint density at radius 1 is 0.933 bits per heavy atom. The maximum atomic E-state index is 10.2. The molecule has 8 heteroatoms. The van der Waals surface area contributed by atoms with Gasteiger partial charge in [0.25, 0.3) is 0 Å². The first-order chi connectivity index (χ1) is 14.6. The van der Waals surface area contributed by atoms with E-state index >= 15 is 0 Å².